The first-order chi connectivity index (χ1) is 30.5. The van der Waals surface area contributed by atoms with Gasteiger partial charge in [-0.3, -0.25) is 19.6 Å². The first kappa shape index (κ1) is 49.8. The lowest BCUT2D eigenvalue weighted by molar-refractivity contribution is -0.127. The Morgan fingerprint density at radius 1 is 0.656 bits per heavy atom. The van der Waals surface area contributed by atoms with Gasteiger partial charge >= 0.3 is 0 Å². The quantitative estimate of drug-likeness (QED) is 0.0868. The summed E-state index contributed by atoms with van der Waals surface area (Å²) in [6.45, 7) is 15.1. The molecule has 2 aliphatic rings. The van der Waals surface area contributed by atoms with Crippen LogP contribution < -0.4 is 20.1 Å². The van der Waals surface area contributed by atoms with Gasteiger partial charge in [0, 0.05) is 47.6 Å². The third-order valence-corrected chi connectivity index (χ3v) is 15.0. The summed E-state index contributed by atoms with van der Waals surface area (Å²) < 4.78 is 83.0. The first-order valence-corrected chi connectivity index (χ1v) is 24.8. The van der Waals surface area contributed by atoms with E-state index in [1.807, 2.05) is 27.7 Å². The molecule has 0 bridgehead atoms. The molecule has 0 unspecified atom stereocenters. The highest BCUT2D eigenvalue weighted by Crippen LogP contribution is 2.29. The number of hydrogen-bond acceptors (Lipinski definition) is 8. The zero-order valence-corrected chi connectivity index (χ0v) is 38.6. The molecule has 12 nitrogen and oxygen atoms in total. The Kier molecular flexibility index (Phi) is 17.6. The van der Waals surface area contributed by atoms with Crippen molar-refractivity contribution in [3.63, 3.8) is 0 Å². The van der Waals surface area contributed by atoms with Crippen LogP contribution in [0, 0.1) is 23.5 Å². The molecule has 4 N–H and O–H groups in total. The molecule has 0 spiro atoms. The molecule has 0 saturated heterocycles. The maximum Gasteiger partial charge on any atom is 0.242 e. The minimum absolute atomic E-state index is 0.0462. The molecule has 0 aliphatic heterocycles. The molecule has 2 aromatic heterocycles. The van der Waals surface area contributed by atoms with Crippen molar-refractivity contribution in [2.24, 2.45) is 11.8 Å². The highest BCUT2D eigenvalue weighted by molar-refractivity contribution is 7.89. The molecule has 2 aromatic carbocycles. The van der Waals surface area contributed by atoms with Crippen molar-refractivity contribution in [1.82, 2.24) is 30.0 Å². The Morgan fingerprint density at radius 2 is 1.08 bits per heavy atom. The molecule has 2 amide bonds. The third kappa shape index (κ3) is 13.4. The van der Waals surface area contributed by atoms with Crippen LogP contribution in [0.4, 0.5) is 8.78 Å². The first-order valence-electron chi connectivity index (χ1n) is 21.9. The van der Waals surface area contributed by atoms with E-state index in [0.29, 0.717) is 62.6 Å². The van der Waals surface area contributed by atoms with Gasteiger partial charge in [-0.1, -0.05) is 57.3 Å². The molecule has 64 heavy (non-hydrogen) atoms. The number of halogens is 2. The monoisotopic (exact) mass is 918 g/mol. The highest BCUT2D eigenvalue weighted by atomic mass is 32.2. The van der Waals surface area contributed by atoms with Crippen molar-refractivity contribution in [1.29, 1.82) is 0 Å². The van der Waals surface area contributed by atoms with Crippen LogP contribution >= 0.6 is 0 Å². The summed E-state index contributed by atoms with van der Waals surface area (Å²) >= 11 is 0. The average Bonchev–Trinajstić information content (AvgIpc) is 3.29. The molecule has 2 aliphatic carbocycles. The average molecular weight is 919 g/mol. The summed E-state index contributed by atoms with van der Waals surface area (Å²) in [5, 5.41) is 5.96. The molecular weight excluding hydrogens is 859 g/mol. The lowest BCUT2D eigenvalue weighted by Gasteiger charge is -2.29. The molecule has 6 rings (SSSR count). The number of hydrogen-bond donors (Lipinski definition) is 4. The fraction of sp³-hybridized carbons (Fsp3) is 0.417. The van der Waals surface area contributed by atoms with Crippen LogP contribution in [0.15, 0.2) is 96.0 Å². The molecule has 4 aromatic rings. The van der Waals surface area contributed by atoms with Gasteiger partial charge in [0.1, 0.15) is 21.4 Å². The van der Waals surface area contributed by atoms with E-state index in [-0.39, 0.29) is 69.2 Å². The van der Waals surface area contributed by atoms with Crippen LogP contribution in [-0.4, -0.2) is 50.7 Å². The lowest BCUT2D eigenvalue weighted by Crippen LogP contribution is -2.41. The van der Waals surface area contributed by atoms with Crippen molar-refractivity contribution >= 4 is 44.0 Å². The van der Waals surface area contributed by atoms with Gasteiger partial charge in [0.25, 0.3) is 0 Å². The number of pyridine rings is 2. The van der Waals surface area contributed by atoms with Crippen molar-refractivity contribution in [2.45, 2.75) is 126 Å². The molecule has 2 heterocycles. The molecule has 16 heteroatoms. The van der Waals surface area contributed by atoms with Crippen molar-refractivity contribution in [3.8, 4) is 0 Å². The molecular formula is C48H60F2N6O6S2. The number of carbonyl (C=O) groups is 2. The third-order valence-electron chi connectivity index (χ3n) is 12.0. The van der Waals surface area contributed by atoms with E-state index in [0.717, 1.165) is 35.2 Å². The normalized spacial score (nSPS) is 19.8. The van der Waals surface area contributed by atoms with Gasteiger partial charge in [0.15, 0.2) is 0 Å². The van der Waals surface area contributed by atoms with Crippen LogP contribution in [0.25, 0.3) is 12.2 Å². The number of aryl methyl sites for hydroxylation is 2. The summed E-state index contributed by atoms with van der Waals surface area (Å²) in [5.74, 6) is -1.08. The number of aromatic nitrogens is 2. The van der Waals surface area contributed by atoms with Crippen molar-refractivity contribution in [3.05, 3.63) is 131 Å². The Hall–Kier alpha value is -5.16. The molecule has 0 radical (unpaired) electrons. The van der Waals surface area contributed by atoms with Crippen LogP contribution in [0.5, 0.6) is 0 Å². The number of rotatable bonds is 16. The maximum atomic E-state index is 13.1. The van der Waals surface area contributed by atoms with E-state index < -0.39 is 20.0 Å². The highest BCUT2D eigenvalue weighted by Gasteiger charge is 2.32. The summed E-state index contributed by atoms with van der Waals surface area (Å²) in [5.41, 5.74) is 4.71. The molecule has 344 valence electrons. The predicted octanol–water partition coefficient (Wildman–Crippen LogP) is 8.28. The largest absolute Gasteiger partial charge is 0.349 e. The smallest absolute Gasteiger partial charge is 0.242 e. The molecule has 2 saturated carbocycles. The van der Waals surface area contributed by atoms with Gasteiger partial charge in [-0.25, -0.2) is 35.1 Å². The van der Waals surface area contributed by atoms with E-state index in [4.69, 9.17) is 0 Å². The number of carbonyl (C=O) groups excluding carboxylic acids is 2. The van der Waals surface area contributed by atoms with E-state index in [9.17, 15) is 35.2 Å². The van der Waals surface area contributed by atoms with E-state index in [2.05, 4.69) is 43.2 Å². The number of sulfonamides is 2. The van der Waals surface area contributed by atoms with Gasteiger partial charge in [0.2, 0.25) is 31.9 Å². The summed E-state index contributed by atoms with van der Waals surface area (Å²) in [7, 11) is -7.40. The van der Waals surface area contributed by atoms with Gasteiger partial charge in [-0.2, -0.15) is 0 Å². The number of benzene rings is 2. The van der Waals surface area contributed by atoms with Gasteiger partial charge in [-0.05, 0) is 137 Å². The van der Waals surface area contributed by atoms with E-state index >= 15 is 0 Å². The zero-order chi connectivity index (χ0) is 46.6. The SMILES string of the molecule is C=Cc1cc(S(=O)(=O)NC2CCC(C(=O)N[C@H](C)c3ccc(F)cc3)CC2)cnc1C=C.CCc1cc(S(=O)(=O)NC2CCC(C(=O)N[C@H](C)c3ccc(F)cc3)CC2)cnc1CC. The topological polar surface area (TPSA) is 176 Å². The minimum atomic E-state index is -3.74. The van der Waals surface area contributed by atoms with Crippen molar-refractivity contribution in [2.75, 3.05) is 0 Å². The lowest BCUT2D eigenvalue weighted by atomic mass is 9.85. The number of nitrogens with one attached hydrogen (secondary N) is 4. The fourth-order valence-corrected chi connectivity index (χ4v) is 10.7. The Bertz CT molecular complexity index is 2470. The summed E-state index contributed by atoms with van der Waals surface area (Å²) in [6.07, 6.45) is 12.0. The van der Waals surface area contributed by atoms with Crippen LogP contribution in [0.2, 0.25) is 0 Å². The van der Waals surface area contributed by atoms with Gasteiger partial charge < -0.3 is 10.6 Å². The number of amides is 2. The predicted molar refractivity (Wildman–Crippen MR) is 245 cm³/mol. The summed E-state index contributed by atoms with van der Waals surface area (Å²) in [4.78, 5) is 34.0. The standard InChI is InChI=1S/C24H32FN3O3S.C24H28FN3O3S/c2*1-4-17-14-22(15-26-23(17)5-2)32(30,31)28-21-12-8-19(9-13-21)24(29)27-16(3)18-6-10-20(25)11-7-18/h6-7,10-11,14-16,19,21,28H,4-5,8-9,12-13H2,1-3H3,(H,27,29);4-7,10-11,14-16,19,21,28H,1-2,8-9,12-13H2,3H3,(H,27,29)/t2*16-,19?,21?/m11/s1. The minimum Gasteiger partial charge on any atom is -0.349 e. The second kappa shape index (κ2) is 22.6. The van der Waals surface area contributed by atoms with E-state index in [1.165, 1.54) is 42.7 Å². The van der Waals surface area contributed by atoms with Crippen LogP contribution in [0.1, 0.15) is 125 Å². The molecule has 2 atom stereocenters. The second-order valence-electron chi connectivity index (χ2n) is 16.4. The second-order valence-corrected chi connectivity index (χ2v) is 19.9. The Labute approximate surface area is 377 Å². The zero-order valence-electron chi connectivity index (χ0n) is 36.9. The maximum absolute atomic E-state index is 13.1. The van der Waals surface area contributed by atoms with Crippen molar-refractivity contribution < 1.29 is 35.2 Å². The van der Waals surface area contributed by atoms with E-state index in [1.54, 1.807) is 42.5 Å². The summed E-state index contributed by atoms with van der Waals surface area (Å²) in [6, 6.07) is 14.5. The Morgan fingerprint density at radius 3 is 1.47 bits per heavy atom. The van der Waals surface area contributed by atoms with Crippen LogP contribution in [0.3, 0.4) is 0 Å². The van der Waals surface area contributed by atoms with Crippen LogP contribution in [-0.2, 0) is 42.5 Å². The number of nitrogens with zero attached hydrogens (tertiary/aromatic N) is 2. The Balaban J connectivity index is 0.000000241. The fourth-order valence-electron chi connectivity index (χ4n) is 8.10. The molecule has 2 fully saturated rings. The van der Waals surface area contributed by atoms with Gasteiger partial charge in [0.05, 0.1) is 17.8 Å². The van der Waals surface area contributed by atoms with Gasteiger partial charge in [-0.15, -0.1) is 0 Å².